The van der Waals surface area contributed by atoms with Crippen molar-refractivity contribution in [3.05, 3.63) is 170 Å². The molecule has 10 rings (SSSR count). The lowest BCUT2D eigenvalue weighted by atomic mass is 9.85. The molecule has 1 heterocycles. The predicted octanol–water partition coefficient (Wildman–Crippen LogP) is 13.2. The molecule has 0 aliphatic carbocycles. The monoisotopic (exact) mass is 596 g/mol. The number of fused-ring (bicyclic) bond motifs is 7. The highest BCUT2D eigenvalue weighted by molar-refractivity contribution is 6.21. The average Bonchev–Trinajstić information content (AvgIpc) is 3.49. The van der Waals surface area contributed by atoms with Crippen LogP contribution < -0.4 is 0 Å². The summed E-state index contributed by atoms with van der Waals surface area (Å²) in [6.45, 7) is 0. The summed E-state index contributed by atoms with van der Waals surface area (Å²) >= 11 is 0. The van der Waals surface area contributed by atoms with Gasteiger partial charge in [-0.3, -0.25) is 0 Å². The third kappa shape index (κ3) is 4.10. The van der Waals surface area contributed by atoms with E-state index in [4.69, 9.17) is 4.42 Å². The van der Waals surface area contributed by atoms with Crippen LogP contribution in [-0.4, -0.2) is 0 Å². The van der Waals surface area contributed by atoms with Crippen LogP contribution in [0.25, 0.3) is 98.4 Å². The second-order valence-electron chi connectivity index (χ2n) is 12.5. The second-order valence-corrected chi connectivity index (χ2v) is 12.5. The fourth-order valence-corrected chi connectivity index (χ4v) is 7.58. The maximum Gasteiger partial charge on any atom is 0.136 e. The first-order chi connectivity index (χ1) is 23.3. The van der Waals surface area contributed by atoms with E-state index in [0.29, 0.717) is 0 Å². The summed E-state index contributed by atoms with van der Waals surface area (Å²) in [7, 11) is 0. The first-order valence-corrected chi connectivity index (χ1v) is 16.2. The van der Waals surface area contributed by atoms with Gasteiger partial charge in [-0.2, -0.15) is 0 Å². The van der Waals surface area contributed by atoms with E-state index in [0.717, 1.165) is 27.5 Å². The summed E-state index contributed by atoms with van der Waals surface area (Å²) < 4.78 is 6.38. The highest BCUT2D eigenvalue weighted by Gasteiger charge is 2.17. The molecular weight excluding hydrogens is 569 g/mol. The highest BCUT2D eigenvalue weighted by atomic mass is 16.3. The lowest BCUT2D eigenvalue weighted by Crippen LogP contribution is -1.90. The van der Waals surface area contributed by atoms with Crippen molar-refractivity contribution in [2.24, 2.45) is 0 Å². The van der Waals surface area contributed by atoms with E-state index in [-0.39, 0.29) is 0 Å². The number of furan rings is 1. The Balaban J connectivity index is 1.10. The molecule has 0 N–H and O–H groups in total. The molecule has 0 saturated heterocycles. The van der Waals surface area contributed by atoms with Gasteiger partial charge >= 0.3 is 0 Å². The maximum atomic E-state index is 6.38. The second kappa shape index (κ2) is 10.2. The molecule has 47 heavy (non-hydrogen) atoms. The Morgan fingerprint density at radius 2 is 0.723 bits per heavy atom. The van der Waals surface area contributed by atoms with Crippen LogP contribution in [0.3, 0.4) is 0 Å². The molecule has 218 valence electrons. The summed E-state index contributed by atoms with van der Waals surface area (Å²) in [5, 5.41) is 12.3. The van der Waals surface area contributed by atoms with Crippen LogP contribution in [-0.2, 0) is 0 Å². The van der Waals surface area contributed by atoms with E-state index in [1.54, 1.807) is 0 Å². The lowest BCUT2D eigenvalue weighted by molar-refractivity contribution is 0.669. The Bertz CT molecular complexity index is 2780. The molecular formula is C46H28O. The van der Waals surface area contributed by atoms with Crippen LogP contribution >= 0.6 is 0 Å². The first kappa shape index (κ1) is 26.1. The Morgan fingerprint density at radius 1 is 0.255 bits per heavy atom. The van der Waals surface area contributed by atoms with E-state index in [9.17, 15) is 0 Å². The van der Waals surface area contributed by atoms with Crippen molar-refractivity contribution in [1.29, 1.82) is 0 Å². The molecule has 0 atom stereocenters. The van der Waals surface area contributed by atoms with Crippen LogP contribution in [0.1, 0.15) is 0 Å². The van der Waals surface area contributed by atoms with Gasteiger partial charge in [-0.25, -0.2) is 0 Å². The van der Waals surface area contributed by atoms with Gasteiger partial charge in [0.25, 0.3) is 0 Å². The molecule has 0 fully saturated rings. The van der Waals surface area contributed by atoms with Crippen LogP contribution in [0.2, 0.25) is 0 Å². The lowest BCUT2D eigenvalue weighted by Gasteiger charge is -2.18. The molecule has 9 aromatic carbocycles. The van der Waals surface area contributed by atoms with Crippen LogP contribution in [0.4, 0.5) is 0 Å². The minimum absolute atomic E-state index is 0.918. The number of hydrogen-bond acceptors (Lipinski definition) is 1. The zero-order chi connectivity index (χ0) is 30.9. The minimum atomic E-state index is 0.918. The van der Waals surface area contributed by atoms with Crippen molar-refractivity contribution in [2.75, 3.05) is 0 Å². The highest BCUT2D eigenvalue weighted by Crippen LogP contribution is 2.44. The van der Waals surface area contributed by atoms with Gasteiger partial charge in [0, 0.05) is 10.8 Å². The third-order valence-electron chi connectivity index (χ3n) is 9.80. The van der Waals surface area contributed by atoms with Crippen molar-refractivity contribution >= 4 is 65.0 Å². The topological polar surface area (TPSA) is 13.1 Å². The van der Waals surface area contributed by atoms with Gasteiger partial charge in [-0.15, -0.1) is 0 Å². The summed E-state index contributed by atoms with van der Waals surface area (Å²) in [5.74, 6) is 0. The van der Waals surface area contributed by atoms with Gasteiger partial charge in [0.1, 0.15) is 11.2 Å². The largest absolute Gasteiger partial charge is 0.456 e. The SMILES string of the molecule is c1ccc(-c2c3ccccc3c(-c3ccc4cc(-c5ccc6c(c5)oc5cc7ccccc7cc56)ccc4c3)c3ccccc23)cc1. The minimum Gasteiger partial charge on any atom is -0.456 e. The van der Waals surface area contributed by atoms with Crippen LogP contribution in [0.5, 0.6) is 0 Å². The Labute approximate surface area is 271 Å². The molecule has 0 unspecified atom stereocenters. The smallest absolute Gasteiger partial charge is 0.136 e. The molecule has 0 radical (unpaired) electrons. The third-order valence-corrected chi connectivity index (χ3v) is 9.80. The number of rotatable bonds is 3. The summed E-state index contributed by atoms with van der Waals surface area (Å²) in [4.78, 5) is 0. The van der Waals surface area contributed by atoms with Crippen molar-refractivity contribution in [2.45, 2.75) is 0 Å². The van der Waals surface area contributed by atoms with E-state index in [2.05, 4.69) is 170 Å². The molecule has 0 aliphatic heterocycles. The van der Waals surface area contributed by atoms with E-state index < -0.39 is 0 Å². The van der Waals surface area contributed by atoms with Crippen molar-refractivity contribution in [3.63, 3.8) is 0 Å². The van der Waals surface area contributed by atoms with E-state index in [1.807, 2.05) is 0 Å². The molecule has 0 amide bonds. The van der Waals surface area contributed by atoms with Crippen molar-refractivity contribution < 1.29 is 4.42 Å². The standard InChI is InChI=1S/C46H28O/c1-2-10-29(11-3-1)45-38-14-6-8-16-40(38)46(41-17-9-7-15-39(41)45)36-21-20-32-24-33(18-19-34(32)25-36)35-22-23-37-42-26-30-12-4-5-13-31(30)27-44(42)47-43(37)28-35/h1-28H. The maximum absolute atomic E-state index is 6.38. The van der Waals surface area contributed by atoms with Crippen molar-refractivity contribution in [1.82, 2.24) is 0 Å². The first-order valence-electron chi connectivity index (χ1n) is 16.2. The molecule has 1 aromatic heterocycles. The van der Waals surface area contributed by atoms with Gasteiger partial charge in [0.05, 0.1) is 0 Å². The van der Waals surface area contributed by atoms with Gasteiger partial charge in [0.2, 0.25) is 0 Å². The fraction of sp³-hybridized carbons (Fsp3) is 0. The van der Waals surface area contributed by atoms with Crippen molar-refractivity contribution in [3.8, 4) is 33.4 Å². The molecule has 0 saturated carbocycles. The zero-order valence-corrected chi connectivity index (χ0v) is 25.6. The summed E-state index contributed by atoms with van der Waals surface area (Å²) in [6, 6.07) is 61.6. The molecule has 0 aliphatic rings. The van der Waals surface area contributed by atoms with E-state index >= 15 is 0 Å². The molecule has 10 aromatic rings. The summed E-state index contributed by atoms with van der Waals surface area (Å²) in [6.07, 6.45) is 0. The van der Waals surface area contributed by atoms with Gasteiger partial charge in [-0.1, -0.05) is 133 Å². The Morgan fingerprint density at radius 3 is 1.40 bits per heavy atom. The van der Waals surface area contributed by atoms with Gasteiger partial charge in [-0.05, 0) is 113 Å². The molecule has 1 heteroatoms. The molecule has 0 bridgehead atoms. The molecule has 0 spiro atoms. The quantitative estimate of drug-likeness (QED) is 0.185. The van der Waals surface area contributed by atoms with Gasteiger partial charge < -0.3 is 4.42 Å². The Hall–Kier alpha value is -6.18. The Kier molecular flexibility index (Phi) is 5.64. The van der Waals surface area contributed by atoms with Crippen LogP contribution in [0, 0.1) is 0 Å². The van der Waals surface area contributed by atoms with Gasteiger partial charge in [0.15, 0.2) is 0 Å². The van der Waals surface area contributed by atoms with Crippen LogP contribution in [0.15, 0.2) is 174 Å². The molecule has 1 nitrogen and oxygen atoms in total. The zero-order valence-electron chi connectivity index (χ0n) is 25.6. The number of benzene rings is 9. The fourth-order valence-electron chi connectivity index (χ4n) is 7.58. The average molecular weight is 597 g/mol. The number of hydrogen-bond donors (Lipinski definition) is 0. The predicted molar refractivity (Wildman–Crippen MR) is 200 cm³/mol. The summed E-state index contributed by atoms with van der Waals surface area (Å²) in [5.41, 5.74) is 9.23. The van der Waals surface area contributed by atoms with E-state index in [1.165, 1.54) is 70.9 Å². The normalized spacial score (nSPS) is 11.8.